The number of aryl methyl sites for hydroxylation is 1. The Morgan fingerprint density at radius 3 is 2.85 bits per heavy atom. The molecular weight excluding hydrogens is 272 g/mol. The van der Waals surface area contributed by atoms with Crippen LogP contribution in [0.15, 0.2) is 10.2 Å². The molecule has 112 valence electrons. The number of hydrogen-bond donors (Lipinski definition) is 1. The minimum Gasteiger partial charge on any atom is -0.353 e. The van der Waals surface area contributed by atoms with E-state index < -0.39 is 0 Å². The molecule has 0 bridgehead atoms. The van der Waals surface area contributed by atoms with E-state index in [0.717, 1.165) is 18.5 Å². The number of aromatic nitrogens is 1. The van der Waals surface area contributed by atoms with E-state index in [0.29, 0.717) is 24.9 Å². The summed E-state index contributed by atoms with van der Waals surface area (Å²) in [6, 6.07) is 0.349. The maximum atomic E-state index is 12.0. The molecule has 1 aromatic heterocycles. The van der Waals surface area contributed by atoms with Crippen LogP contribution in [0.4, 0.5) is 0 Å². The Kier molecular flexibility index (Phi) is 5.40. The fourth-order valence-electron chi connectivity index (χ4n) is 2.88. The standard InChI is InChI=1S/C15H24N2O2S/c1-11-6-3-4-7-13(11)16-14(18)8-5-9-17-12(2)10-20-15(17)19/h10-11,13H,3-9H2,1-2H3,(H,16,18). The fraction of sp³-hybridized carbons (Fsp3) is 0.733. The number of carbonyl (C=O) groups excluding carboxylic acids is 1. The summed E-state index contributed by atoms with van der Waals surface area (Å²) in [7, 11) is 0. The van der Waals surface area contributed by atoms with Gasteiger partial charge in [-0.15, -0.1) is 0 Å². The Hall–Kier alpha value is -1.10. The molecule has 2 atom stereocenters. The summed E-state index contributed by atoms with van der Waals surface area (Å²) in [5.74, 6) is 0.721. The molecule has 1 aliphatic carbocycles. The van der Waals surface area contributed by atoms with Crippen LogP contribution >= 0.6 is 11.3 Å². The molecule has 0 spiro atoms. The zero-order valence-corrected chi connectivity index (χ0v) is 13.2. The second kappa shape index (κ2) is 7.07. The quantitative estimate of drug-likeness (QED) is 0.908. The molecule has 1 aliphatic rings. The van der Waals surface area contributed by atoms with E-state index >= 15 is 0 Å². The second-order valence-corrected chi connectivity index (χ2v) is 6.65. The average Bonchev–Trinajstić information content (AvgIpc) is 2.73. The van der Waals surface area contributed by atoms with Gasteiger partial charge < -0.3 is 9.88 Å². The Balaban J connectivity index is 1.74. The first kappa shape index (κ1) is 15.3. The van der Waals surface area contributed by atoms with Crippen molar-refractivity contribution in [1.82, 2.24) is 9.88 Å². The lowest BCUT2D eigenvalue weighted by Crippen LogP contribution is -2.41. The highest BCUT2D eigenvalue weighted by Gasteiger charge is 2.22. The average molecular weight is 296 g/mol. The van der Waals surface area contributed by atoms with Crippen molar-refractivity contribution in [2.24, 2.45) is 5.92 Å². The van der Waals surface area contributed by atoms with Gasteiger partial charge in [-0.1, -0.05) is 31.1 Å². The van der Waals surface area contributed by atoms with Gasteiger partial charge in [-0.25, -0.2) is 0 Å². The normalized spacial score (nSPS) is 22.7. The minimum absolute atomic E-state index is 0.0730. The Labute approximate surface area is 124 Å². The first-order valence-electron chi connectivity index (χ1n) is 7.52. The smallest absolute Gasteiger partial charge is 0.307 e. The van der Waals surface area contributed by atoms with E-state index in [1.54, 1.807) is 4.57 Å². The van der Waals surface area contributed by atoms with Crippen LogP contribution in [-0.4, -0.2) is 16.5 Å². The van der Waals surface area contributed by atoms with Gasteiger partial charge in [0.25, 0.3) is 0 Å². The molecule has 1 amide bonds. The molecule has 2 unspecified atom stereocenters. The molecule has 4 nitrogen and oxygen atoms in total. The van der Waals surface area contributed by atoms with Crippen molar-refractivity contribution >= 4 is 17.2 Å². The van der Waals surface area contributed by atoms with Crippen LogP contribution in [0.5, 0.6) is 0 Å². The molecular formula is C15H24N2O2S. The van der Waals surface area contributed by atoms with Crippen molar-refractivity contribution in [2.45, 2.75) is 65.0 Å². The van der Waals surface area contributed by atoms with Crippen molar-refractivity contribution in [3.63, 3.8) is 0 Å². The van der Waals surface area contributed by atoms with E-state index in [9.17, 15) is 9.59 Å². The maximum Gasteiger partial charge on any atom is 0.307 e. The first-order chi connectivity index (χ1) is 9.58. The molecule has 1 aromatic rings. The van der Waals surface area contributed by atoms with Crippen LogP contribution in [0.3, 0.4) is 0 Å². The lowest BCUT2D eigenvalue weighted by molar-refractivity contribution is -0.122. The third-order valence-electron chi connectivity index (χ3n) is 4.22. The maximum absolute atomic E-state index is 12.0. The molecule has 1 heterocycles. The van der Waals surface area contributed by atoms with E-state index in [2.05, 4.69) is 12.2 Å². The molecule has 0 radical (unpaired) electrons. The van der Waals surface area contributed by atoms with Gasteiger partial charge in [0, 0.05) is 30.1 Å². The Bertz CT molecular complexity index is 506. The summed E-state index contributed by atoms with van der Waals surface area (Å²) in [6.45, 7) is 4.79. The molecule has 0 aliphatic heterocycles. The van der Waals surface area contributed by atoms with Gasteiger partial charge >= 0.3 is 4.87 Å². The highest BCUT2D eigenvalue weighted by atomic mass is 32.1. The summed E-state index contributed by atoms with van der Waals surface area (Å²) in [6.07, 6.45) is 6.06. The number of nitrogens with zero attached hydrogens (tertiary/aromatic N) is 1. The largest absolute Gasteiger partial charge is 0.353 e. The number of amides is 1. The van der Waals surface area contributed by atoms with Crippen molar-refractivity contribution in [1.29, 1.82) is 0 Å². The first-order valence-corrected chi connectivity index (χ1v) is 8.40. The third-order valence-corrected chi connectivity index (χ3v) is 5.10. The van der Waals surface area contributed by atoms with E-state index in [-0.39, 0.29) is 10.8 Å². The van der Waals surface area contributed by atoms with Gasteiger partial charge in [-0.05, 0) is 32.1 Å². The zero-order chi connectivity index (χ0) is 14.5. The van der Waals surface area contributed by atoms with Gasteiger partial charge in [0.1, 0.15) is 0 Å². The SMILES string of the molecule is Cc1csc(=O)n1CCCC(=O)NC1CCCCC1C. The summed E-state index contributed by atoms with van der Waals surface area (Å²) in [5, 5.41) is 5.02. The van der Waals surface area contributed by atoms with Gasteiger partial charge in [0.2, 0.25) is 5.91 Å². The summed E-state index contributed by atoms with van der Waals surface area (Å²) in [4.78, 5) is 23.6. The van der Waals surface area contributed by atoms with Crippen LogP contribution in [-0.2, 0) is 11.3 Å². The summed E-state index contributed by atoms with van der Waals surface area (Å²) >= 11 is 1.23. The monoisotopic (exact) mass is 296 g/mol. The third kappa shape index (κ3) is 3.95. The van der Waals surface area contributed by atoms with Crippen molar-refractivity contribution < 1.29 is 4.79 Å². The topological polar surface area (TPSA) is 51.1 Å². The molecule has 1 fully saturated rings. The molecule has 2 rings (SSSR count). The van der Waals surface area contributed by atoms with Crippen LogP contribution < -0.4 is 10.2 Å². The summed E-state index contributed by atoms with van der Waals surface area (Å²) in [5.41, 5.74) is 0.987. The van der Waals surface area contributed by atoms with Crippen LogP contribution in [0.25, 0.3) is 0 Å². The van der Waals surface area contributed by atoms with Crippen molar-refractivity contribution in [2.75, 3.05) is 0 Å². The number of carbonyl (C=O) groups is 1. The van der Waals surface area contributed by atoms with Gasteiger partial charge in [-0.3, -0.25) is 9.59 Å². The molecule has 1 N–H and O–H groups in total. The van der Waals surface area contributed by atoms with E-state index in [4.69, 9.17) is 0 Å². The summed E-state index contributed by atoms with van der Waals surface area (Å²) < 4.78 is 1.75. The number of hydrogen-bond acceptors (Lipinski definition) is 3. The molecule has 1 saturated carbocycles. The van der Waals surface area contributed by atoms with Crippen molar-refractivity contribution in [3.8, 4) is 0 Å². The lowest BCUT2D eigenvalue weighted by Gasteiger charge is -2.29. The number of thiazole rings is 1. The van der Waals surface area contributed by atoms with Gasteiger partial charge in [-0.2, -0.15) is 0 Å². The van der Waals surface area contributed by atoms with Crippen LogP contribution in [0, 0.1) is 12.8 Å². The van der Waals surface area contributed by atoms with Crippen LogP contribution in [0.1, 0.15) is 51.1 Å². The predicted octanol–water partition coefficient (Wildman–Crippen LogP) is 2.69. The zero-order valence-electron chi connectivity index (χ0n) is 12.4. The van der Waals surface area contributed by atoms with Crippen LogP contribution in [0.2, 0.25) is 0 Å². The minimum atomic E-state index is 0.0730. The Morgan fingerprint density at radius 2 is 2.20 bits per heavy atom. The van der Waals surface area contributed by atoms with E-state index in [1.807, 2.05) is 12.3 Å². The lowest BCUT2D eigenvalue weighted by atomic mass is 9.86. The Morgan fingerprint density at radius 1 is 1.45 bits per heavy atom. The molecule has 0 aromatic carbocycles. The molecule has 0 saturated heterocycles. The molecule has 20 heavy (non-hydrogen) atoms. The number of rotatable bonds is 5. The second-order valence-electron chi connectivity index (χ2n) is 5.83. The molecule has 5 heteroatoms. The van der Waals surface area contributed by atoms with E-state index in [1.165, 1.54) is 30.6 Å². The van der Waals surface area contributed by atoms with Gasteiger partial charge in [0.05, 0.1) is 0 Å². The van der Waals surface area contributed by atoms with Gasteiger partial charge in [0.15, 0.2) is 0 Å². The van der Waals surface area contributed by atoms with Crippen molar-refractivity contribution in [3.05, 3.63) is 20.7 Å². The highest BCUT2D eigenvalue weighted by molar-refractivity contribution is 7.07. The number of nitrogens with one attached hydrogen (secondary N) is 1. The predicted molar refractivity (Wildman–Crippen MR) is 82.1 cm³/mol. The highest BCUT2D eigenvalue weighted by Crippen LogP contribution is 2.23. The fourth-order valence-corrected chi connectivity index (χ4v) is 3.64.